The molecule has 1 aliphatic heterocycles. The number of nitrogens with zero attached hydrogens (tertiary/aromatic N) is 3. The van der Waals surface area contributed by atoms with Gasteiger partial charge in [0.2, 0.25) is 0 Å². The minimum Gasteiger partial charge on any atom is -0.357 e. The number of likely N-dealkylation sites (N-methyl/N-ethyl adjacent to an activating group) is 2. The summed E-state index contributed by atoms with van der Waals surface area (Å²) in [6, 6.07) is 0.477. The second-order valence-electron chi connectivity index (χ2n) is 4.67. The monoisotopic (exact) mass is 251 g/mol. The van der Waals surface area contributed by atoms with Crippen molar-refractivity contribution in [2.45, 2.75) is 13.0 Å². The molecule has 0 aromatic heterocycles. The fourth-order valence-corrected chi connectivity index (χ4v) is 1.97. The third-order valence-electron chi connectivity index (χ3n) is 3.14. The zero-order valence-corrected chi connectivity index (χ0v) is 11.7. The molecule has 0 spiro atoms. The fraction of sp³-hybridized carbons (Fsp3) is 0.769. The molecule has 1 fully saturated rings. The third-order valence-corrected chi connectivity index (χ3v) is 3.14. The molecule has 1 atom stereocenters. The number of guanidine groups is 1. The molecule has 0 aromatic rings. The first-order chi connectivity index (χ1) is 8.67. The summed E-state index contributed by atoms with van der Waals surface area (Å²) in [6.45, 7) is 7.49. The number of aliphatic imine (C=N–C) groups is 1. The quantitative estimate of drug-likeness (QED) is 0.399. The molecule has 1 rings (SSSR count). The van der Waals surface area contributed by atoms with E-state index in [0.717, 1.165) is 38.7 Å². The van der Waals surface area contributed by atoms with Crippen molar-refractivity contribution in [3.05, 3.63) is 0 Å². The first-order valence-electron chi connectivity index (χ1n) is 6.51. The van der Waals surface area contributed by atoms with Gasteiger partial charge in [0.15, 0.2) is 5.96 Å². The Balaban J connectivity index is 2.49. The van der Waals surface area contributed by atoms with Crippen LogP contribution in [0.2, 0.25) is 0 Å². The molecule has 0 bridgehead atoms. The Morgan fingerprint density at radius 1 is 1.39 bits per heavy atom. The van der Waals surface area contributed by atoms with Crippen LogP contribution in [0.15, 0.2) is 4.99 Å². The van der Waals surface area contributed by atoms with Crippen molar-refractivity contribution >= 4 is 5.96 Å². The Labute approximate surface area is 111 Å². The molecule has 0 aromatic carbocycles. The van der Waals surface area contributed by atoms with Crippen molar-refractivity contribution < 1.29 is 0 Å². The van der Waals surface area contributed by atoms with Crippen molar-refractivity contribution in [3.8, 4) is 12.3 Å². The van der Waals surface area contributed by atoms with Gasteiger partial charge in [-0.15, -0.1) is 6.42 Å². The average molecular weight is 251 g/mol. The summed E-state index contributed by atoms with van der Waals surface area (Å²) < 4.78 is 0. The lowest BCUT2D eigenvalue weighted by molar-refractivity contribution is 0.119. The molecule has 18 heavy (non-hydrogen) atoms. The first kappa shape index (κ1) is 14.8. The third kappa shape index (κ3) is 4.94. The van der Waals surface area contributed by atoms with Crippen molar-refractivity contribution in [1.82, 2.24) is 20.4 Å². The summed E-state index contributed by atoms with van der Waals surface area (Å²) in [5, 5.41) is 6.30. The number of hydrogen-bond acceptors (Lipinski definition) is 3. The van der Waals surface area contributed by atoms with Crippen LogP contribution in [0.4, 0.5) is 0 Å². The van der Waals surface area contributed by atoms with Crippen LogP contribution in [-0.4, -0.2) is 75.2 Å². The van der Waals surface area contributed by atoms with E-state index in [-0.39, 0.29) is 0 Å². The van der Waals surface area contributed by atoms with Gasteiger partial charge in [-0.1, -0.05) is 5.92 Å². The smallest absolute Gasteiger partial charge is 0.192 e. The van der Waals surface area contributed by atoms with Crippen LogP contribution in [0.25, 0.3) is 0 Å². The molecule has 1 unspecified atom stereocenters. The number of terminal acetylenes is 1. The normalized spacial score (nSPS) is 22.6. The number of piperazine rings is 1. The van der Waals surface area contributed by atoms with E-state index < -0.39 is 0 Å². The summed E-state index contributed by atoms with van der Waals surface area (Å²) in [7, 11) is 4.32. The Kier molecular flexibility index (Phi) is 6.55. The van der Waals surface area contributed by atoms with Gasteiger partial charge in [0, 0.05) is 32.2 Å². The van der Waals surface area contributed by atoms with Crippen LogP contribution < -0.4 is 10.6 Å². The SMILES string of the molecule is C#CCNC(=NCC1CN(C)CCN1C)NCC. The summed E-state index contributed by atoms with van der Waals surface area (Å²) in [5.41, 5.74) is 0. The van der Waals surface area contributed by atoms with Crippen LogP contribution >= 0.6 is 0 Å². The van der Waals surface area contributed by atoms with E-state index >= 15 is 0 Å². The van der Waals surface area contributed by atoms with Crippen LogP contribution in [0.5, 0.6) is 0 Å². The zero-order valence-electron chi connectivity index (χ0n) is 11.7. The predicted octanol–water partition coefficient (Wildman–Crippen LogP) is -0.579. The van der Waals surface area contributed by atoms with E-state index in [1.54, 1.807) is 0 Å². The van der Waals surface area contributed by atoms with Gasteiger partial charge in [-0.25, -0.2) is 0 Å². The van der Waals surface area contributed by atoms with E-state index in [1.165, 1.54) is 0 Å². The molecule has 1 heterocycles. The maximum Gasteiger partial charge on any atom is 0.192 e. The summed E-state index contributed by atoms with van der Waals surface area (Å²) >= 11 is 0. The van der Waals surface area contributed by atoms with Crippen LogP contribution in [-0.2, 0) is 0 Å². The van der Waals surface area contributed by atoms with E-state index in [1.807, 2.05) is 6.92 Å². The first-order valence-corrected chi connectivity index (χ1v) is 6.51. The molecule has 5 heteroatoms. The molecule has 0 amide bonds. The Morgan fingerprint density at radius 3 is 2.83 bits per heavy atom. The molecular formula is C13H25N5. The lowest BCUT2D eigenvalue weighted by atomic mass is 10.2. The van der Waals surface area contributed by atoms with Gasteiger partial charge in [0.25, 0.3) is 0 Å². The summed E-state index contributed by atoms with van der Waals surface area (Å²) in [4.78, 5) is 9.31. The highest BCUT2D eigenvalue weighted by atomic mass is 15.3. The molecule has 5 nitrogen and oxygen atoms in total. The van der Waals surface area contributed by atoms with E-state index in [4.69, 9.17) is 6.42 Å². The van der Waals surface area contributed by atoms with Crippen molar-refractivity contribution in [2.24, 2.45) is 4.99 Å². The molecule has 1 aliphatic rings. The second kappa shape index (κ2) is 7.96. The lowest BCUT2D eigenvalue weighted by Gasteiger charge is -2.36. The number of rotatable bonds is 4. The Morgan fingerprint density at radius 2 is 2.17 bits per heavy atom. The van der Waals surface area contributed by atoms with Gasteiger partial charge in [0.1, 0.15) is 0 Å². The van der Waals surface area contributed by atoms with Gasteiger partial charge < -0.3 is 15.5 Å². The summed E-state index contributed by atoms with van der Waals surface area (Å²) in [6.07, 6.45) is 5.24. The maximum absolute atomic E-state index is 5.24. The van der Waals surface area contributed by atoms with Gasteiger partial charge in [-0.3, -0.25) is 9.89 Å². The van der Waals surface area contributed by atoms with Crippen molar-refractivity contribution in [2.75, 3.05) is 53.4 Å². The van der Waals surface area contributed by atoms with Crippen LogP contribution in [0.3, 0.4) is 0 Å². The molecule has 0 saturated carbocycles. The number of nitrogens with one attached hydrogen (secondary N) is 2. The highest BCUT2D eigenvalue weighted by molar-refractivity contribution is 5.80. The molecule has 1 saturated heterocycles. The van der Waals surface area contributed by atoms with Crippen molar-refractivity contribution in [3.63, 3.8) is 0 Å². The van der Waals surface area contributed by atoms with Gasteiger partial charge >= 0.3 is 0 Å². The Hall–Kier alpha value is -1.25. The average Bonchev–Trinajstić information content (AvgIpc) is 2.36. The lowest BCUT2D eigenvalue weighted by Crippen LogP contribution is -2.51. The van der Waals surface area contributed by atoms with E-state index in [0.29, 0.717) is 12.6 Å². The minimum atomic E-state index is 0.477. The fourth-order valence-electron chi connectivity index (χ4n) is 1.97. The highest BCUT2D eigenvalue weighted by Crippen LogP contribution is 2.05. The standard InChI is InChI=1S/C13H25N5/c1-5-7-15-13(14-6-2)16-10-12-11-17(3)8-9-18(12)4/h1,12H,6-11H2,2-4H3,(H2,14,15,16). The molecule has 0 radical (unpaired) electrons. The molecular weight excluding hydrogens is 226 g/mol. The van der Waals surface area contributed by atoms with Gasteiger partial charge in [-0.2, -0.15) is 0 Å². The second-order valence-corrected chi connectivity index (χ2v) is 4.67. The zero-order chi connectivity index (χ0) is 13.4. The number of hydrogen-bond donors (Lipinski definition) is 2. The van der Waals surface area contributed by atoms with Crippen LogP contribution in [0, 0.1) is 12.3 Å². The van der Waals surface area contributed by atoms with Crippen molar-refractivity contribution in [1.29, 1.82) is 0 Å². The van der Waals surface area contributed by atoms with Gasteiger partial charge in [0.05, 0.1) is 13.1 Å². The largest absolute Gasteiger partial charge is 0.357 e. The Bertz CT molecular complexity index is 307. The molecule has 102 valence electrons. The van der Waals surface area contributed by atoms with Gasteiger partial charge in [-0.05, 0) is 21.0 Å². The topological polar surface area (TPSA) is 42.9 Å². The van der Waals surface area contributed by atoms with E-state index in [9.17, 15) is 0 Å². The van der Waals surface area contributed by atoms with Crippen LogP contribution in [0.1, 0.15) is 6.92 Å². The molecule has 2 N–H and O–H groups in total. The predicted molar refractivity (Wildman–Crippen MR) is 76.7 cm³/mol. The molecule has 0 aliphatic carbocycles. The highest BCUT2D eigenvalue weighted by Gasteiger charge is 2.21. The van der Waals surface area contributed by atoms with E-state index in [2.05, 4.69) is 45.4 Å². The minimum absolute atomic E-state index is 0.477. The summed E-state index contributed by atoms with van der Waals surface area (Å²) in [5.74, 6) is 3.36. The maximum atomic E-state index is 5.24.